The van der Waals surface area contributed by atoms with Crippen molar-refractivity contribution in [3.8, 4) is 0 Å². The molecular weight excluding hydrogens is 300 g/mol. The van der Waals surface area contributed by atoms with Crippen LogP contribution in [0.4, 0.5) is 0 Å². The van der Waals surface area contributed by atoms with Crippen LogP contribution in [0, 0.1) is 0 Å². The minimum Gasteiger partial charge on any atom is -0.378 e. The molecule has 2 saturated heterocycles. The molecule has 0 aliphatic carbocycles. The van der Waals surface area contributed by atoms with E-state index in [-0.39, 0.29) is 11.8 Å². The van der Waals surface area contributed by atoms with Gasteiger partial charge in [-0.2, -0.15) is 0 Å². The summed E-state index contributed by atoms with van der Waals surface area (Å²) in [7, 11) is 0. The molecule has 104 valence electrons. The lowest BCUT2D eigenvalue weighted by Gasteiger charge is -2.25. The second kappa shape index (κ2) is 8.48. The molecule has 2 heterocycles. The van der Waals surface area contributed by atoms with Crippen LogP contribution in [0.5, 0.6) is 0 Å². The molecule has 0 aromatic heterocycles. The molecule has 0 radical (unpaired) electrons. The molecule has 2 rings (SSSR count). The van der Waals surface area contributed by atoms with Crippen molar-refractivity contribution < 1.29 is 14.3 Å². The molecular formula is C12H21BrN2O3. The number of likely N-dealkylation sites (tertiary alicyclic amines) is 1. The van der Waals surface area contributed by atoms with E-state index in [0.717, 1.165) is 26.2 Å². The van der Waals surface area contributed by atoms with Crippen LogP contribution in [0.2, 0.25) is 0 Å². The van der Waals surface area contributed by atoms with Gasteiger partial charge < -0.3 is 14.5 Å². The van der Waals surface area contributed by atoms with Crippen molar-refractivity contribution in [3.05, 3.63) is 0 Å². The van der Waals surface area contributed by atoms with Gasteiger partial charge in [0.2, 0.25) is 11.8 Å². The molecule has 6 heteroatoms. The van der Waals surface area contributed by atoms with Crippen molar-refractivity contribution >= 4 is 27.7 Å². The lowest BCUT2D eigenvalue weighted by Crippen LogP contribution is -2.39. The van der Waals surface area contributed by atoms with Crippen LogP contribution in [-0.2, 0) is 14.3 Å². The van der Waals surface area contributed by atoms with Gasteiger partial charge in [0, 0.05) is 33.1 Å². The van der Waals surface area contributed by atoms with Crippen LogP contribution in [-0.4, -0.2) is 66.3 Å². The Bertz CT molecular complexity index is 274. The third-order valence-electron chi connectivity index (χ3n) is 3.03. The summed E-state index contributed by atoms with van der Waals surface area (Å²) in [5.41, 5.74) is 0. The monoisotopic (exact) mass is 320 g/mol. The van der Waals surface area contributed by atoms with E-state index in [1.165, 1.54) is 12.8 Å². The Morgan fingerprint density at radius 2 is 1.61 bits per heavy atom. The van der Waals surface area contributed by atoms with E-state index < -0.39 is 0 Å². The maximum absolute atomic E-state index is 10.9. The summed E-state index contributed by atoms with van der Waals surface area (Å²) in [4.78, 5) is 25.3. The number of ether oxygens (including phenoxy) is 1. The molecule has 0 aromatic rings. The maximum Gasteiger partial charge on any atom is 0.233 e. The number of rotatable bonds is 1. The van der Waals surface area contributed by atoms with E-state index in [4.69, 9.17) is 4.74 Å². The summed E-state index contributed by atoms with van der Waals surface area (Å²) >= 11 is 3.13. The fraction of sp³-hybridized carbons (Fsp3) is 0.833. The smallest absolute Gasteiger partial charge is 0.233 e. The second-order valence-corrected chi connectivity index (χ2v) is 4.90. The number of carbonyl (C=O) groups excluding carboxylic acids is 2. The van der Waals surface area contributed by atoms with E-state index >= 15 is 0 Å². The minimum atomic E-state index is 0.151. The van der Waals surface area contributed by atoms with E-state index in [2.05, 4.69) is 15.9 Å². The summed E-state index contributed by atoms with van der Waals surface area (Å²) in [6.45, 7) is 6.42. The molecule has 2 amide bonds. The van der Waals surface area contributed by atoms with Crippen molar-refractivity contribution in [1.29, 1.82) is 0 Å². The van der Waals surface area contributed by atoms with Gasteiger partial charge in [0.15, 0.2) is 0 Å². The molecule has 0 saturated carbocycles. The fourth-order valence-corrected chi connectivity index (χ4v) is 2.28. The lowest BCUT2D eigenvalue weighted by molar-refractivity contribution is -0.132. The number of nitrogens with zero attached hydrogens (tertiary/aromatic N) is 2. The average molecular weight is 321 g/mol. The van der Waals surface area contributed by atoms with Crippen LogP contribution >= 0.6 is 15.9 Å². The van der Waals surface area contributed by atoms with Gasteiger partial charge in [0.05, 0.1) is 18.5 Å². The van der Waals surface area contributed by atoms with Gasteiger partial charge >= 0.3 is 0 Å². The first kappa shape index (κ1) is 15.4. The zero-order valence-corrected chi connectivity index (χ0v) is 12.4. The van der Waals surface area contributed by atoms with E-state index in [1.54, 1.807) is 11.8 Å². The SMILES string of the molecule is CC(=O)N1CCOCC1.O=C(CBr)N1CCCC1. The molecule has 5 nitrogen and oxygen atoms in total. The van der Waals surface area contributed by atoms with Gasteiger partial charge in [-0.3, -0.25) is 9.59 Å². The highest BCUT2D eigenvalue weighted by molar-refractivity contribution is 9.09. The molecule has 0 N–H and O–H groups in total. The van der Waals surface area contributed by atoms with Crippen LogP contribution in [0.1, 0.15) is 19.8 Å². The highest BCUT2D eigenvalue weighted by atomic mass is 79.9. The van der Waals surface area contributed by atoms with Crippen LogP contribution in [0.15, 0.2) is 0 Å². The lowest BCUT2D eigenvalue weighted by atomic mass is 10.4. The summed E-state index contributed by atoms with van der Waals surface area (Å²) in [6, 6.07) is 0. The minimum absolute atomic E-state index is 0.151. The third kappa shape index (κ3) is 5.35. The highest BCUT2D eigenvalue weighted by Crippen LogP contribution is 2.07. The van der Waals surface area contributed by atoms with E-state index in [9.17, 15) is 9.59 Å². The second-order valence-electron chi connectivity index (χ2n) is 4.34. The Balaban J connectivity index is 0.000000180. The predicted molar refractivity (Wildman–Crippen MR) is 72.7 cm³/mol. The molecule has 0 atom stereocenters. The Labute approximate surface area is 117 Å². The zero-order chi connectivity index (χ0) is 13.4. The van der Waals surface area contributed by atoms with Gasteiger partial charge in [0.1, 0.15) is 0 Å². The van der Waals surface area contributed by atoms with E-state index in [0.29, 0.717) is 18.5 Å². The Hall–Kier alpha value is -0.620. The molecule has 2 fully saturated rings. The predicted octanol–water partition coefficient (Wildman–Crippen LogP) is 0.869. The van der Waals surface area contributed by atoms with Gasteiger partial charge in [-0.1, -0.05) is 15.9 Å². The van der Waals surface area contributed by atoms with Crippen molar-refractivity contribution in [3.63, 3.8) is 0 Å². The average Bonchev–Trinajstić information content (AvgIpc) is 2.93. The van der Waals surface area contributed by atoms with Crippen molar-refractivity contribution in [1.82, 2.24) is 9.80 Å². The molecule has 0 spiro atoms. The topological polar surface area (TPSA) is 49.9 Å². The first-order chi connectivity index (χ1) is 8.65. The summed E-state index contributed by atoms with van der Waals surface area (Å²) in [5, 5.41) is 0.479. The highest BCUT2D eigenvalue weighted by Gasteiger charge is 2.15. The molecule has 18 heavy (non-hydrogen) atoms. The van der Waals surface area contributed by atoms with Crippen LogP contribution in [0.25, 0.3) is 0 Å². The Morgan fingerprint density at radius 3 is 2.00 bits per heavy atom. The summed E-state index contributed by atoms with van der Waals surface area (Å²) < 4.78 is 5.06. The number of carbonyl (C=O) groups is 2. The molecule has 0 bridgehead atoms. The largest absolute Gasteiger partial charge is 0.378 e. The van der Waals surface area contributed by atoms with Crippen LogP contribution < -0.4 is 0 Å². The summed E-state index contributed by atoms with van der Waals surface area (Å²) in [6.07, 6.45) is 2.36. The van der Waals surface area contributed by atoms with Crippen molar-refractivity contribution in [2.75, 3.05) is 44.7 Å². The first-order valence-electron chi connectivity index (χ1n) is 6.32. The fourth-order valence-electron chi connectivity index (χ4n) is 1.93. The Kier molecular flexibility index (Phi) is 7.27. The van der Waals surface area contributed by atoms with Crippen LogP contribution in [0.3, 0.4) is 0 Å². The number of hydrogen-bond acceptors (Lipinski definition) is 3. The van der Waals surface area contributed by atoms with E-state index in [1.807, 2.05) is 4.90 Å². The van der Waals surface area contributed by atoms with Gasteiger partial charge in [-0.15, -0.1) is 0 Å². The number of alkyl halides is 1. The van der Waals surface area contributed by atoms with Gasteiger partial charge in [0.25, 0.3) is 0 Å². The number of morpholine rings is 1. The van der Waals surface area contributed by atoms with Crippen molar-refractivity contribution in [2.45, 2.75) is 19.8 Å². The number of hydrogen-bond donors (Lipinski definition) is 0. The Morgan fingerprint density at radius 1 is 1.06 bits per heavy atom. The molecule has 2 aliphatic heterocycles. The first-order valence-corrected chi connectivity index (χ1v) is 7.44. The van der Waals surface area contributed by atoms with Gasteiger partial charge in [-0.05, 0) is 12.8 Å². The summed E-state index contributed by atoms with van der Waals surface area (Å²) in [5.74, 6) is 0.380. The molecule has 0 unspecified atom stereocenters. The number of halogens is 1. The third-order valence-corrected chi connectivity index (χ3v) is 3.51. The maximum atomic E-state index is 10.9. The molecule has 2 aliphatic rings. The standard InChI is InChI=1S/C6H10BrNO.C6H11NO2/c7-5-6(9)8-3-1-2-4-8;1-6(8)7-2-4-9-5-3-7/h1-5H2;2-5H2,1H3. The van der Waals surface area contributed by atoms with Gasteiger partial charge in [-0.25, -0.2) is 0 Å². The quantitative estimate of drug-likeness (QED) is 0.674. The zero-order valence-electron chi connectivity index (χ0n) is 10.9. The molecule has 0 aromatic carbocycles. The van der Waals surface area contributed by atoms with Crippen molar-refractivity contribution in [2.24, 2.45) is 0 Å². The normalized spacial score (nSPS) is 19.2. The number of amides is 2.